The van der Waals surface area contributed by atoms with Crippen LogP contribution in [0.1, 0.15) is 57.1 Å². The molecule has 5 aromatic carbocycles. The third kappa shape index (κ3) is 6.30. The molecule has 0 saturated heterocycles. The van der Waals surface area contributed by atoms with Crippen LogP contribution in [0.4, 0.5) is 0 Å². The van der Waals surface area contributed by atoms with Crippen LogP contribution in [0.5, 0.6) is 0 Å². The number of hydrogen-bond acceptors (Lipinski definition) is 4. The average Bonchev–Trinajstić information content (AvgIpc) is 3.14. The van der Waals surface area contributed by atoms with Gasteiger partial charge < -0.3 is 0 Å². The third-order valence-electron chi connectivity index (χ3n) is 10.8. The van der Waals surface area contributed by atoms with Crippen LogP contribution in [0.2, 0.25) is 0 Å². The number of nitriles is 1. The molecule has 240 valence electrons. The lowest BCUT2D eigenvalue weighted by molar-refractivity contribution is 0.0899. The summed E-state index contributed by atoms with van der Waals surface area (Å²) in [4.78, 5) is 15.0. The number of aromatic nitrogens is 3. The lowest BCUT2D eigenvalue weighted by atomic mass is 9.57. The number of nitrogens with zero attached hydrogens (tertiary/aromatic N) is 4. The number of rotatable bonds is 6. The molecule has 4 atom stereocenters. The Balaban J connectivity index is 1.20. The van der Waals surface area contributed by atoms with E-state index in [1.807, 2.05) is 48.5 Å². The quantitative estimate of drug-likeness (QED) is 0.182. The molecule has 0 N–H and O–H groups in total. The fourth-order valence-electron chi connectivity index (χ4n) is 8.70. The molecule has 2 fully saturated rings. The Morgan fingerprint density at radius 2 is 1.08 bits per heavy atom. The van der Waals surface area contributed by atoms with E-state index in [-0.39, 0.29) is 5.41 Å². The molecule has 2 bridgehead atoms. The fourth-order valence-corrected chi connectivity index (χ4v) is 8.70. The summed E-state index contributed by atoms with van der Waals surface area (Å²) < 4.78 is 0. The molecular formula is C45H40N4. The van der Waals surface area contributed by atoms with Crippen molar-refractivity contribution in [2.24, 2.45) is 17.8 Å². The standard InChI is InChI=1S/C45H40N4/c1-30-23-32-25-33(24-30)28-45(2,27-32)39-20-17-34(18-21-39)38-19-22-40(41(26-38)35-9-5-3-6-10-35)44-48-42(36-11-7-4-8-12-36)47-43(49-44)37-15-13-31(29-46)14-16-37/h3-22,26,30,32-33H,23-25,27-28H2,1-2H3/t30?,32-,33?,45?/m1/s1. The first kappa shape index (κ1) is 30.9. The van der Waals surface area contributed by atoms with Gasteiger partial charge in [-0.3, -0.25) is 0 Å². The van der Waals surface area contributed by atoms with Crippen LogP contribution in [0.3, 0.4) is 0 Å². The molecule has 4 nitrogen and oxygen atoms in total. The molecule has 0 aliphatic heterocycles. The van der Waals surface area contributed by atoms with Crippen molar-refractivity contribution in [3.05, 3.63) is 139 Å². The molecule has 1 aromatic heterocycles. The van der Waals surface area contributed by atoms with Gasteiger partial charge in [0.2, 0.25) is 0 Å². The minimum atomic E-state index is 0.257. The second-order valence-electron chi connectivity index (χ2n) is 14.6. The van der Waals surface area contributed by atoms with E-state index in [1.165, 1.54) is 48.8 Å². The van der Waals surface area contributed by atoms with Gasteiger partial charge in [0.25, 0.3) is 0 Å². The van der Waals surface area contributed by atoms with Gasteiger partial charge >= 0.3 is 0 Å². The maximum atomic E-state index is 9.36. The summed E-state index contributed by atoms with van der Waals surface area (Å²) in [7, 11) is 0. The molecule has 2 saturated carbocycles. The topological polar surface area (TPSA) is 62.5 Å². The zero-order valence-corrected chi connectivity index (χ0v) is 28.2. The second-order valence-corrected chi connectivity index (χ2v) is 14.6. The smallest absolute Gasteiger partial charge is 0.164 e. The molecule has 4 heteroatoms. The van der Waals surface area contributed by atoms with E-state index < -0.39 is 0 Å². The Labute approximate surface area is 289 Å². The largest absolute Gasteiger partial charge is 0.208 e. The van der Waals surface area contributed by atoms with Crippen LogP contribution in [0.25, 0.3) is 56.4 Å². The molecule has 6 aromatic rings. The molecule has 8 rings (SSSR count). The minimum absolute atomic E-state index is 0.257. The van der Waals surface area contributed by atoms with Crippen molar-refractivity contribution in [3.63, 3.8) is 0 Å². The first-order valence-electron chi connectivity index (χ1n) is 17.6. The van der Waals surface area contributed by atoms with Gasteiger partial charge in [0.1, 0.15) is 0 Å². The first-order chi connectivity index (χ1) is 23.9. The van der Waals surface area contributed by atoms with Crippen molar-refractivity contribution < 1.29 is 0 Å². The van der Waals surface area contributed by atoms with E-state index in [1.54, 1.807) is 12.1 Å². The van der Waals surface area contributed by atoms with Crippen molar-refractivity contribution in [2.45, 2.75) is 51.4 Å². The lowest BCUT2D eigenvalue weighted by Crippen LogP contribution is -2.38. The number of fused-ring (bicyclic) bond motifs is 2. The summed E-state index contributed by atoms with van der Waals surface area (Å²) in [6.45, 7) is 4.95. The Morgan fingerprint density at radius 1 is 0.551 bits per heavy atom. The fraction of sp³-hybridized carbons (Fsp3) is 0.244. The first-order valence-corrected chi connectivity index (χ1v) is 17.6. The highest BCUT2D eigenvalue weighted by Crippen LogP contribution is 2.51. The van der Waals surface area contributed by atoms with Crippen molar-refractivity contribution in [3.8, 4) is 62.5 Å². The van der Waals surface area contributed by atoms with Gasteiger partial charge in [0.05, 0.1) is 11.6 Å². The monoisotopic (exact) mass is 636 g/mol. The molecule has 3 unspecified atom stereocenters. The minimum Gasteiger partial charge on any atom is -0.208 e. The highest BCUT2D eigenvalue weighted by molar-refractivity contribution is 5.85. The summed E-state index contributed by atoms with van der Waals surface area (Å²) in [6, 6.07) is 46.2. The van der Waals surface area contributed by atoms with Gasteiger partial charge in [-0.2, -0.15) is 5.26 Å². The summed E-state index contributed by atoms with van der Waals surface area (Å²) in [5.74, 6) is 4.40. The van der Waals surface area contributed by atoms with Gasteiger partial charge in [-0.1, -0.05) is 105 Å². The summed E-state index contributed by atoms with van der Waals surface area (Å²) in [6.07, 6.45) is 6.82. The van der Waals surface area contributed by atoms with Gasteiger partial charge in [-0.05, 0) is 119 Å². The Bertz CT molecular complexity index is 2110. The van der Waals surface area contributed by atoms with E-state index >= 15 is 0 Å². The van der Waals surface area contributed by atoms with Crippen molar-refractivity contribution in [1.82, 2.24) is 15.0 Å². The Hall–Kier alpha value is -5.40. The van der Waals surface area contributed by atoms with Gasteiger partial charge in [0.15, 0.2) is 17.5 Å². The van der Waals surface area contributed by atoms with E-state index in [4.69, 9.17) is 15.0 Å². The molecule has 0 spiro atoms. The van der Waals surface area contributed by atoms with Gasteiger partial charge in [-0.25, -0.2) is 15.0 Å². The third-order valence-corrected chi connectivity index (χ3v) is 10.8. The maximum absolute atomic E-state index is 9.36. The predicted octanol–water partition coefficient (Wildman–Crippen LogP) is 11.2. The second kappa shape index (κ2) is 12.9. The van der Waals surface area contributed by atoms with E-state index in [2.05, 4.69) is 86.6 Å². The van der Waals surface area contributed by atoms with E-state index in [0.29, 0.717) is 23.0 Å². The number of hydrogen-bond donors (Lipinski definition) is 0. The van der Waals surface area contributed by atoms with Crippen LogP contribution >= 0.6 is 0 Å². The van der Waals surface area contributed by atoms with E-state index in [9.17, 15) is 5.26 Å². The SMILES string of the molecule is CC1CC2C[C@@H](C1)CC(C)(c1ccc(-c3ccc(-c4nc(-c5ccccc5)nc(-c5ccc(C#N)cc5)n4)c(-c4ccccc4)c3)cc1)C2. The van der Waals surface area contributed by atoms with Crippen LogP contribution in [-0.2, 0) is 5.41 Å². The Kier molecular flexibility index (Phi) is 8.14. The van der Waals surface area contributed by atoms with E-state index in [0.717, 1.165) is 45.6 Å². The molecule has 49 heavy (non-hydrogen) atoms. The van der Waals surface area contributed by atoms with Crippen molar-refractivity contribution >= 4 is 0 Å². The maximum Gasteiger partial charge on any atom is 0.164 e. The molecule has 1 heterocycles. The molecule has 2 aliphatic rings. The normalized spacial score (nSPS) is 21.5. The van der Waals surface area contributed by atoms with Crippen LogP contribution in [0.15, 0.2) is 127 Å². The summed E-state index contributed by atoms with van der Waals surface area (Å²) >= 11 is 0. The predicted molar refractivity (Wildman–Crippen MR) is 198 cm³/mol. The molecule has 0 radical (unpaired) electrons. The summed E-state index contributed by atoms with van der Waals surface area (Å²) in [5.41, 5.74) is 9.58. The van der Waals surface area contributed by atoms with Crippen LogP contribution in [0, 0.1) is 29.1 Å². The molecule has 2 aliphatic carbocycles. The van der Waals surface area contributed by atoms with Gasteiger partial charge in [0, 0.05) is 16.7 Å². The van der Waals surface area contributed by atoms with Gasteiger partial charge in [-0.15, -0.1) is 0 Å². The molecule has 0 amide bonds. The van der Waals surface area contributed by atoms with Crippen molar-refractivity contribution in [2.75, 3.05) is 0 Å². The zero-order valence-electron chi connectivity index (χ0n) is 28.2. The highest BCUT2D eigenvalue weighted by Gasteiger charge is 2.41. The average molecular weight is 637 g/mol. The zero-order chi connectivity index (χ0) is 33.4. The van der Waals surface area contributed by atoms with Crippen LogP contribution < -0.4 is 0 Å². The Morgan fingerprint density at radius 3 is 1.69 bits per heavy atom. The lowest BCUT2D eigenvalue weighted by Gasteiger charge is -2.47. The van der Waals surface area contributed by atoms with Crippen molar-refractivity contribution in [1.29, 1.82) is 5.26 Å². The van der Waals surface area contributed by atoms with Crippen LogP contribution in [-0.4, -0.2) is 15.0 Å². The summed E-state index contributed by atoms with van der Waals surface area (Å²) in [5, 5.41) is 9.36. The highest BCUT2D eigenvalue weighted by atomic mass is 15.0. The molecular weight excluding hydrogens is 597 g/mol. The number of benzene rings is 5.